The Morgan fingerprint density at radius 3 is 2.21 bits per heavy atom. The summed E-state index contributed by atoms with van der Waals surface area (Å²) >= 11 is 0. The number of carbonyl (C=O) groups is 1. The van der Waals surface area contributed by atoms with E-state index in [-0.39, 0.29) is 0 Å². The second kappa shape index (κ2) is 4.68. The van der Waals surface area contributed by atoms with Gasteiger partial charge in [0.15, 0.2) is 14.9 Å². The quantitative estimate of drug-likeness (QED) is 0.491. The maximum absolute atomic E-state index is 10.9. The number of sulfone groups is 1. The van der Waals surface area contributed by atoms with Crippen molar-refractivity contribution in [3.63, 3.8) is 0 Å². The molecule has 0 aromatic rings. The van der Waals surface area contributed by atoms with Crippen LogP contribution in [0.5, 0.6) is 0 Å². The average molecular weight is 246 g/mol. The first-order valence-corrected chi connectivity index (χ1v) is 6.91. The zero-order valence-electron chi connectivity index (χ0n) is 7.26. The van der Waals surface area contributed by atoms with E-state index in [9.17, 15) is 21.6 Å². The normalized spacial score (nSPS) is 12.6. The lowest BCUT2D eigenvalue weighted by Crippen LogP contribution is -2.33. The fraction of sp³-hybridized carbons (Fsp3) is 0.750. The summed E-state index contributed by atoms with van der Waals surface area (Å²) < 4.78 is 42.9. The highest BCUT2D eigenvalue weighted by molar-refractivity contribution is 8.06. The van der Waals surface area contributed by atoms with Crippen LogP contribution in [0.4, 0.5) is 0 Å². The number of hydrogen-bond acceptors (Lipinski definition) is 6. The molecule has 0 spiro atoms. The molecule has 0 saturated heterocycles. The number of amides is 1. The fourth-order valence-electron chi connectivity index (χ4n) is 0.496. The van der Waals surface area contributed by atoms with E-state index in [1.807, 2.05) is 0 Å². The third-order valence-corrected chi connectivity index (χ3v) is 4.10. The molecule has 10 heteroatoms. The highest BCUT2D eigenvalue weighted by atomic mass is 32.3. The number of carbonyl (C=O) groups excluding carboxylic acids is 1. The van der Waals surface area contributed by atoms with Gasteiger partial charge in [0, 0.05) is 6.26 Å². The molecule has 0 aliphatic rings. The third kappa shape index (κ3) is 7.91. The summed E-state index contributed by atoms with van der Waals surface area (Å²) in [5.41, 5.74) is 4.63. The predicted molar refractivity (Wildman–Crippen MR) is 46.9 cm³/mol. The van der Waals surface area contributed by atoms with Gasteiger partial charge in [0.2, 0.25) is 15.9 Å². The summed E-state index contributed by atoms with van der Waals surface area (Å²) in [5.74, 6) is -0.882. The van der Waals surface area contributed by atoms with Crippen molar-refractivity contribution in [1.29, 1.82) is 0 Å². The monoisotopic (exact) mass is 246 g/mol. The molecule has 0 unspecified atom stereocenters. The molecule has 0 aromatic heterocycles. The van der Waals surface area contributed by atoms with Crippen LogP contribution in [0.15, 0.2) is 0 Å². The molecule has 0 aromatic carbocycles. The van der Waals surface area contributed by atoms with E-state index in [0.717, 1.165) is 6.26 Å². The first-order chi connectivity index (χ1) is 6.12. The van der Waals surface area contributed by atoms with Crippen LogP contribution in [-0.2, 0) is 29.5 Å². The van der Waals surface area contributed by atoms with Gasteiger partial charge in [-0.15, -0.1) is 0 Å². The Balaban J connectivity index is 4.18. The molecule has 8 nitrogen and oxygen atoms in total. The third-order valence-electron chi connectivity index (χ3n) is 0.770. The van der Waals surface area contributed by atoms with Gasteiger partial charge in [0.05, 0.1) is 0 Å². The minimum atomic E-state index is -4.10. The minimum absolute atomic E-state index is 0.664. The van der Waals surface area contributed by atoms with E-state index < -0.39 is 37.5 Å². The van der Waals surface area contributed by atoms with Gasteiger partial charge in [-0.1, -0.05) is 4.89 Å². The Bertz CT molecular complexity index is 396. The van der Waals surface area contributed by atoms with Crippen molar-refractivity contribution < 1.29 is 26.5 Å². The second-order valence-electron chi connectivity index (χ2n) is 2.50. The summed E-state index contributed by atoms with van der Waals surface area (Å²) in [7, 11) is -7.78. The molecular weight excluding hydrogens is 236 g/mol. The number of sulfonamides is 1. The number of nitrogens with one attached hydrogen (secondary N) is 1. The number of primary amides is 1. The Morgan fingerprint density at radius 1 is 1.36 bits per heavy atom. The molecule has 0 rings (SSSR count). The van der Waals surface area contributed by atoms with Gasteiger partial charge in [-0.2, -0.15) is 0 Å². The zero-order chi connectivity index (χ0) is 11.4. The van der Waals surface area contributed by atoms with E-state index in [1.54, 1.807) is 0 Å². The van der Waals surface area contributed by atoms with Gasteiger partial charge in [-0.3, -0.25) is 9.63 Å². The van der Waals surface area contributed by atoms with Crippen LogP contribution in [0.2, 0.25) is 0 Å². The smallest absolute Gasteiger partial charge is 0.247 e. The Kier molecular flexibility index (Phi) is 4.45. The van der Waals surface area contributed by atoms with Crippen molar-refractivity contribution in [3.8, 4) is 0 Å². The van der Waals surface area contributed by atoms with Crippen molar-refractivity contribution in [3.05, 3.63) is 0 Å². The van der Waals surface area contributed by atoms with E-state index in [0.29, 0.717) is 0 Å². The summed E-state index contributed by atoms with van der Waals surface area (Å²) in [4.78, 5) is 15.7. The Morgan fingerprint density at radius 2 is 1.86 bits per heavy atom. The number of nitrogens with two attached hydrogens (primary N) is 1. The molecule has 0 fully saturated rings. The maximum Gasteiger partial charge on any atom is 0.247 e. The van der Waals surface area contributed by atoms with Crippen LogP contribution in [-0.4, -0.2) is 40.7 Å². The number of hydrogen-bond donors (Lipinski definition) is 2. The highest BCUT2D eigenvalue weighted by Crippen LogP contribution is 1.91. The average Bonchev–Trinajstić information content (AvgIpc) is 1.78. The summed E-state index contributed by atoms with van der Waals surface area (Å²) in [5, 5.41) is -1.11. The van der Waals surface area contributed by atoms with Crippen molar-refractivity contribution >= 4 is 25.8 Å². The minimum Gasteiger partial charge on any atom is -0.368 e. The molecule has 0 bridgehead atoms. The van der Waals surface area contributed by atoms with Crippen LogP contribution < -0.4 is 10.6 Å². The van der Waals surface area contributed by atoms with Crippen LogP contribution in [0.3, 0.4) is 0 Å². The molecule has 0 heterocycles. The van der Waals surface area contributed by atoms with Gasteiger partial charge >= 0.3 is 0 Å². The van der Waals surface area contributed by atoms with Gasteiger partial charge in [-0.05, 0) is 0 Å². The lowest BCUT2D eigenvalue weighted by molar-refractivity contribution is -0.123. The van der Waals surface area contributed by atoms with Crippen LogP contribution in [0, 0.1) is 0 Å². The van der Waals surface area contributed by atoms with Crippen LogP contribution in [0.25, 0.3) is 0 Å². The highest BCUT2D eigenvalue weighted by Gasteiger charge is 2.18. The van der Waals surface area contributed by atoms with Gasteiger partial charge in [0.1, 0.15) is 6.61 Å². The lowest BCUT2D eigenvalue weighted by Gasteiger charge is -2.03. The van der Waals surface area contributed by atoms with Gasteiger partial charge in [-0.25, -0.2) is 16.8 Å². The molecular formula is C4H10N2O6S2. The van der Waals surface area contributed by atoms with Crippen molar-refractivity contribution in [2.75, 3.05) is 17.9 Å². The molecule has 3 N–H and O–H groups in total. The first-order valence-electron chi connectivity index (χ1n) is 3.20. The molecule has 0 atom stereocenters. The standard InChI is InChI=1S/C4H10N2O6S2/c1-13(8,9)3-14(10,11)6-12-2-4(5)7/h6H,2-3H2,1H3,(H2,5,7). The lowest BCUT2D eigenvalue weighted by atomic mass is 10.7. The zero-order valence-corrected chi connectivity index (χ0v) is 8.89. The van der Waals surface area contributed by atoms with E-state index >= 15 is 0 Å². The Hall–Kier alpha value is -0.710. The van der Waals surface area contributed by atoms with E-state index in [4.69, 9.17) is 0 Å². The van der Waals surface area contributed by atoms with Crippen LogP contribution in [0.1, 0.15) is 0 Å². The number of rotatable bonds is 6. The van der Waals surface area contributed by atoms with Crippen molar-refractivity contribution in [2.24, 2.45) is 5.73 Å². The second-order valence-corrected chi connectivity index (χ2v) is 6.69. The van der Waals surface area contributed by atoms with E-state index in [1.165, 1.54) is 4.89 Å². The largest absolute Gasteiger partial charge is 0.368 e. The first kappa shape index (κ1) is 13.3. The summed E-state index contributed by atoms with van der Waals surface area (Å²) in [6.07, 6.45) is 0.750. The van der Waals surface area contributed by atoms with Crippen molar-refractivity contribution in [1.82, 2.24) is 4.89 Å². The van der Waals surface area contributed by atoms with Gasteiger partial charge < -0.3 is 5.73 Å². The molecule has 0 saturated carbocycles. The topological polar surface area (TPSA) is 133 Å². The molecule has 0 aliphatic carbocycles. The maximum atomic E-state index is 10.9. The molecule has 0 radical (unpaired) electrons. The van der Waals surface area contributed by atoms with Crippen LogP contribution >= 0.6 is 0 Å². The SMILES string of the molecule is CS(=O)(=O)CS(=O)(=O)NOCC(N)=O. The Labute approximate surface area is 81.3 Å². The van der Waals surface area contributed by atoms with Gasteiger partial charge in [0.25, 0.3) is 0 Å². The predicted octanol–water partition coefficient (Wildman–Crippen LogP) is -2.68. The molecule has 84 valence electrons. The molecule has 14 heavy (non-hydrogen) atoms. The summed E-state index contributed by atoms with van der Waals surface area (Å²) in [6.45, 7) is -0.664. The molecule has 1 amide bonds. The molecule has 0 aliphatic heterocycles. The fourth-order valence-corrected chi connectivity index (χ4v) is 3.18. The van der Waals surface area contributed by atoms with E-state index in [2.05, 4.69) is 10.6 Å². The summed E-state index contributed by atoms with van der Waals surface area (Å²) in [6, 6.07) is 0. The van der Waals surface area contributed by atoms with Crippen molar-refractivity contribution in [2.45, 2.75) is 0 Å².